The van der Waals surface area contributed by atoms with Gasteiger partial charge in [0.2, 0.25) is 5.91 Å². The van der Waals surface area contributed by atoms with E-state index >= 15 is 0 Å². The number of rotatable bonds is 4. The smallest absolute Gasteiger partial charge is 0.408 e. The maximum atomic E-state index is 11.9. The number of alkyl carbamates (subject to hydrolysis) is 1. The molecule has 0 rings (SSSR count). The molecule has 5 heteroatoms. The Morgan fingerprint density at radius 2 is 1.50 bits per heavy atom. The Morgan fingerprint density at radius 3 is 1.83 bits per heavy atom. The van der Waals surface area contributed by atoms with Gasteiger partial charge in [-0.2, -0.15) is 0 Å². The van der Waals surface area contributed by atoms with E-state index in [2.05, 4.69) is 10.6 Å². The molecule has 0 aromatic carbocycles. The third-order valence-electron chi connectivity index (χ3n) is 2.05. The fourth-order valence-electron chi connectivity index (χ4n) is 1.34. The molecule has 5 nitrogen and oxygen atoms in total. The molecule has 0 fully saturated rings. The topological polar surface area (TPSA) is 67.4 Å². The number of carbonyl (C=O) groups is 2. The highest BCUT2D eigenvalue weighted by Crippen LogP contribution is 2.09. The lowest BCUT2D eigenvalue weighted by atomic mass is 10.0. The van der Waals surface area contributed by atoms with Crippen molar-refractivity contribution in [1.82, 2.24) is 10.6 Å². The van der Waals surface area contributed by atoms with E-state index in [4.69, 9.17) is 4.74 Å². The molecule has 0 bridgehead atoms. The lowest BCUT2D eigenvalue weighted by Gasteiger charge is -2.25. The van der Waals surface area contributed by atoms with Crippen LogP contribution in [0.5, 0.6) is 0 Å². The largest absolute Gasteiger partial charge is 0.444 e. The molecule has 2 N–H and O–H groups in total. The molecule has 0 saturated heterocycles. The zero-order chi connectivity index (χ0) is 14.5. The molecule has 0 aliphatic heterocycles. The van der Waals surface area contributed by atoms with Gasteiger partial charge >= 0.3 is 6.09 Å². The van der Waals surface area contributed by atoms with Gasteiger partial charge in [0.05, 0.1) is 0 Å². The lowest BCUT2D eigenvalue weighted by molar-refractivity contribution is -0.124. The van der Waals surface area contributed by atoms with Gasteiger partial charge in [0.25, 0.3) is 0 Å². The van der Waals surface area contributed by atoms with Crippen molar-refractivity contribution < 1.29 is 14.3 Å². The average molecular weight is 258 g/mol. The Morgan fingerprint density at radius 1 is 1.00 bits per heavy atom. The van der Waals surface area contributed by atoms with Crippen molar-refractivity contribution in [2.75, 3.05) is 0 Å². The summed E-state index contributed by atoms with van der Waals surface area (Å²) in [5.74, 6) is -0.192. The van der Waals surface area contributed by atoms with Crippen LogP contribution >= 0.6 is 0 Å². The summed E-state index contributed by atoms with van der Waals surface area (Å²) in [5, 5.41) is 5.39. The van der Waals surface area contributed by atoms with Gasteiger partial charge in [-0.3, -0.25) is 4.79 Å². The first-order valence-electron chi connectivity index (χ1n) is 6.33. The second-order valence-electron chi connectivity index (χ2n) is 6.03. The quantitative estimate of drug-likeness (QED) is 0.811. The number of amides is 2. The van der Waals surface area contributed by atoms with Gasteiger partial charge in [-0.25, -0.2) is 4.79 Å². The molecule has 0 spiro atoms. The second-order valence-corrected chi connectivity index (χ2v) is 6.03. The van der Waals surface area contributed by atoms with Crippen LogP contribution < -0.4 is 10.6 Å². The standard InChI is InChI=1S/C13H26N2O3/c1-8(2)10(11(16)14-9(3)4)15-12(17)18-13(5,6)7/h8-10H,1-7H3,(H,14,16)(H,15,17)/t10-/m1/s1. The zero-order valence-corrected chi connectivity index (χ0v) is 12.5. The summed E-state index contributed by atoms with van der Waals surface area (Å²) < 4.78 is 5.14. The lowest BCUT2D eigenvalue weighted by Crippen LogP contribution is -2.52. The van der Waals surface area contributed by atoms with E-state index in [1.807, 2.05) is 27.7 Å². The summed E-state index contributed by atoms with van der Waals surface area (Å²) in [6, 6.07) is -0.540. The van der Waals surface area contributed by atoms with E-state index in [-0.39, 0.29) is 17.9 Å². The summed E-state index contributed by atoms with van der Waals surface area (Å²) in [6.07, 6.45) is -0.569. The number of hydrogen-bond acceptors (Lipinski definition) is 3. The highest BCUT2D eigenvalue weighted by molar-refractivity contribution is 5.86. The summed E-state index contributed by atoms with van der Waals surface area (Å²) in [4.78, 5) is 23.6. The minimum absolute atomic E-state index is 0.00346. The van der Waals surface area contributed by atoms with Crippen LogP contribution in [0.15, 0.2) is 0 Å². The summed E-state index contributed by atoms with van der Waals surface area (Å²) >= 11 is 0. The van der Waals surface area contributed by atoms with Gasteiger partial charge in [-0.1, -0.05) is 13.8 Å². The van der Waals surface area contributed by atoms with E-state index in [9.17, 15) is 9.59 Å². The zero-order valence-electron chi connectivity index (χ0n) is 12.5. The molecular weight excluding hydrogens is 232 g/mol. The summed E-state index contributed by atoms with van der Waals surface area (Å²) in [5.41, 5.74) is -0.569. The predicted molar refractivity (Wildman–Crippen MR) is 71.3 cm³/mol. The predicted octanol–water partition coefficient (Wildman–Crippen LogP) is 2.06. The number of carbonyl (C=O) groups excluding carboxylic acids is 2. The van der Waals surface area contributed by atoms with Crippen LogP contribution in [0.3, 0.4) is 0 Å². The molecule has 0 radical (unpaired) electrons. The van der Waals surface area contributed by atoms with Gasteiger partial charge < -0.3 is 15.4 Å². The van der Waals surface area contributed by atoms with Crippen LogP contribution in [0, 0.1) is 5.92 Å². The SMILES string of the molecule is CC(C)NC(=O)[C@H](NC(=O)OC(C)(C)C)C(C)C. The van der Waals surface area contributed by atoms with Crippen LogP contribution in [0.4, 0.5) is 4.79 Å². The first kappa shape index (κ1) is 16.7. The molecule has 0 saturated carbocycles. The Kier molecular flexibility index (Phi) is 6.15. The molecule has 0 aliphatic rings. The minimum Gasteiger partial charge on any atom is -0.444 e. The molecule has 2 amide bonds. The van der Waals surface area contributed by atoms with Crippen molar-refractivity contribution in [2.45, 2.75) is 66.2 Å². The van der Waals surface area contributed by atoms with Gasteiger partial charge in [-0.05, 0) is 40.5 Å². The minimum atomic E-state index is -0.581. The maximum absolute atomic E-state index is 11.9. The van der Waals surface area contributed by atoms with Crippen molar-refractivity contribution in [3.63, 3.8) is 0 Å². The third kappa shape index (κ3) is 7.14. The number of nitrogens with one attached hydrogen (secondary N) is 2. The molecule has 0 heterocycles. The first-order valence-corrected chi connectivity index (χ1v) is 6.33. The molecular formula is C13H26N2O3. The van der Waals surface area contributed by atoms with E-state index in [0.717, 1.165) is 0 Å². The maximum Gasteiger partial charge on any atom is 0.408 e. The highest BCUT2D eigenvalue weighted by atomic mass is 16.6. The van der Waals surface area contributed by atoms with E-state index < -0.39 is 17.7 Å². The van der Waals surface area contributed by atoms with E-state index in [1.54, 1.807) is 20.8 Å². The number of hydrogen-bond donors (Lipinski definition) is 2. The van der Waals surface area contributed by atoms with Crippen molar-refractivity contribution in [1.29, 1.82) is 0 Å². The molecule has 1 atom stereocenters. The van der Waals surface area contributed by atoms with Crippen LogP contribution in [0.2, 0.25) is 0 Å². The molecule has 0 aliphatic carbocycles. The van der Waals surface area contributed by atoms with Crippen LogP contribution in [-0.4, -0.2) is 29.7 Å². The monoisotopic (exact) mass is 258 g/mol. The van der Waals surface area contributed by atoms with E-state index in [0.29, 0.717) is 0 Å². The molecule has 106 valence electrons. The fourth-order valence-corrected chi connectivity index (χ4v) is 1.34. The molecule has 0 aromatic rings. The van der Waals surface area contributed by atoms with Crippen molar-refractivity contribution in [3.8, 4) is 0 Å². The van der Waals surface area contributed by atoms with Crippen LogP contribution in [0.25, 0.3) is 0 Å². The molecule has 0 unspecified atom stereocenters. The average Bonchev–Trinajstić information content (AvgIpc) is 2.09. The molecule has 18 heavy (non-hydrogen) atoms. The van der Waals surface area contributed by atoms with Crippen LogP contribution in [0.1, 0.15) is 48.5 Å². The Balaban J connectivity index is 4.54. The summed E-state index contributed by atoms with van der Waals surface area (Å²) in [7, 11) is 0. The van der Waals surface area contributed by atoms with E-state index in [1.165, 1.54) is 0 Å². The fraction of sp³-hybridized carbons (Fsp3) is 0.846. The Hall–Kier alpha value is -1.26. The van der Waals surface area contributed by atoms with Gasteiger partial charge in [0.1, 0.15) is 11.6 Å². The molecule has 0 aromatic heterocycles. The van der Waals surface area contributed by atoms with Crippen molar-refractivity contribution >= 4 is 12.0 Å². The highest BCUT2D eigenvalue weighted by Gasteiger charge is 2.26. The summed E-state index contributed by atoms with van der Waals surface area (Å²) in [6.45, 7) is 12.9. The van der Waals surface area contributed by atoms with Crippen LogP contribution in [-0.2, 0) is 9.53 Å². The second kappa shape index (κ2) is 6.61. The van der Waals surface area contributed by atoms with Gasteiger partial charge in [-0.15, -0.1) is 0 Å². The van der Waals surface area contributed by atoms with Gasteiger partial charge in [0.15, 0.2) is 0 Å². The van der Waals surface area contributed by atoms with Crippen molar-refractivity contribution in [2.24, 2.45) is 5.92 Å². The first-order chi connectivity index (χ1) is 8.03. The van der Waals surface area contributed by atoms with Crippen molar-refractivity contribution in [3.05, 3.63) is 0 Å². The third-order valence-corrected chi connectivity index (χ3v) is 2.05. The number of ether oxygens (including phenoxy) is 1. The normalized spacial score (nSPS) is 13.4. The Labute approximate surface area is 110 Å². The van der Waals surface area contributed by atoms with Gasteiger partial charge in [0, 0.05) is 6.04 Å². The Bertz CT molecular complexity index is 293.